The lowest BCUT2D eigenvalue weighted by Crippen LogP contribution is -2.10. The Labute approximate surface area is 118 Å². The highest BCUT2D eigenvalue weighted by Crippen LogP contribution is 2.20. The van der Waals surface area contributed by atoms with Gasteiger partial charge in [0.25, 0.3) is 0 Å². The Morgan fingerprint density at radius 2 is 2.25 bits per heavy atom. The molecule has 0 amide bonds. The molecule has 5 heteroatoms. The molecule has 108 valence electrons. The summed E-state index contributed by atoms with van der Waals surface area (Å²) in [5.41, 5.74) is 1.41. The van der Waals surface area contributed by atoms with E-state index in [-0.39, 0.29) is 5.82 Å². The minimum Gasteiger partial charge on any atom is -0.382 e. The quantitative estimate of drug-likeness (QED) is 0.790. The predicted octanol–water partition coefficient (Wildman–Crippen LogP) is 3.16. The van der Waals surface area contributed by atoms with E-state index in [2.05, 4.69) is 10.3 Å². The number of imidazole rings is 1. The fraction of sp³-hybridized carbons (Fsp3) is 0.400. The van der Waals surface area contributed by atoms with Crippen molar-refractivity contribution in [2.24, 2.45) is 0 Å². The van der Waals surface area contributed by atoms with Crippen molar-refractivity contribution in [3.05, 3.63) is 42.0 Å². The predicted molar refractivity (Wildman–Crippen MR) is 77.9 cm³/mol. The average Bonchev–Trinajstić information content (AvgIpc) is 2.90. The summed E-state index contributed by atoms with van der Waals surface area (Å²) >= 11 is 0. The number of rotatable bonds is 7. The Morgan fingerprint density at radius 1 is 1.40 bits per heavy atom. The smallest absolute Gasteiger partial charge is 0.207 e. The van der Waals surface area contributed by atoms with Crippen molar-refractivity contribution in [2.75, 3.05) is 25.1 Å². The number of ether oxygens (including phenoxy) is 1. The molecule has 0 radical (unpaired) electrons. The third kappa shape index (κ3) is 3.36. The molecule has 0 spiro atoms. The second-order valence-corrected chi connectivity index (χ2v) is 4.48. The Balaban J connectivity index is 2.06. The Kier molecular flexibility index (Phi) is 5.12. The zero-order valence-corrected chi connectivity index (χ0v) is 11.9. The van der Waals surface area contributed by atoms with Crippen LogP contribution < -0.4 is 5.32 Å². The highest BCUT2D eigenvalue weighted by Gasteiger charge is 2.09. The molecule has 2 rings (SSSR count). The zero-order chi connectivity index (χ0) is 14.4. The van der Waals surface area contributed by atoms with E-state index in [1.807, 2.05) is 23.8 Å². The summed E-state index contributed by atoms with van der Waals surface area (Å²) in [7, 11) is 0. The number of halogens is 1. The van der Waals surface area contributed by atoms with Crippen molar-refractivity contribution in [1.29, 1.82) is 0 Å². The van der Waals surface area contributed by atoms with Crippen LogP contribution in [-0.4, -0.2) is 29.3 Å². The van der Waals surface area contributed by atoms with Gasteiger partial charge in [0.05, 0.1) is 5.69 Å². The molecule has 1 aromatic heterocycles. The normalized spacial score (nSPS) is 10.8. The van der Waals surface area contributed by atoms with Gasteiger partial charge in [0.2, 0.25) is 5.95 Å². The van der Waals surface area contributed by atoms with Crippen LogP contribution in [0.15, 0.2) is 30.6 Å². The number of nitrogens with one attached hydrogen (secondary N) is 1. The van der Waals surface area contributed by atoms with Gasteiger partial charge in [-0.1, -0.05) is 6.07 Å². The molecule has 0 saturated heterocycles. The number of benzene rings is 1. The Bertz CT molecular complexity index is 554. The molecule has 2 aromatic rings. The van der Waals surface area contributed by atoms with Gasteiger partial charge < -0.3 is 10.1 Å². The number of nitrogens with zero attached hydrogens (tertiary/aromatic N) is 2. The van der Waals surface area contributed by atoms with Crippen LogP contribution in [0.2, 0.25) is 0 Å². The van der Waals surface area contributed by atoms with Gasteiger partial charge in [-0.25, -0.2) is 9.37 Å². The Hall–Kier alpha value is -1.88. The zero-order valence-electron chi connectivity index (χ0n) is 11.9. The van der Waals surface area contributed by atoms with E-state index in [9.17, 15) is 4.39 Å². The van der Waals surface area contributed by atoms with Crippen molar-refractivity contribution in [2.45, 2.75) is 20.3 Å². The van der Waals surface area contributed by atoms with E-state index in [1.54, 1.807) is 19.2 Å². The maximum absolute atomic E-state index is 13.6. The van der Waals surface area contributed by atoms with Gasteiger partial charge in [0.1, 0.15) is 5.82 Å². The molecule has 0 aliphatic heterocycles. The lowest BCUT2D eigenvalue weighted by Gasteiger charge is -2.12. The molecule has 0 aliphatic carbocycles. The number of hydrogen-bond acceptors (Lipinski definition) is 3. The maximum atomic E-state index is 13.6. The molecular formula is C15H20FN3O. The molecule has 0 bridgehead atoms. The van der Waals surface area contributed by atoms with E-state index >= 15 is 0 Å². The fourth-order valence-corrected chi connectivity index (χ4v) is 2.00. The van der Waals surface area contributed by atoms with E-state index < -0.39 is 0 Å². The van der Waals surface area contributed by atoms with Gasteiger partial charge in [-0.15, -0.1) is 0 Å². The van der Waals surface area contributed by atoms with Crippen LogP contribution in [0, 0.1) is 12.7 Å². The molecule has 1 heterocycles. The van der Waals surface area contributed by atoms with Crippen LogP contribution in [-0.2, 0) is 4.74 Å². The fourth-order valence-electron chi connectivity index (χ4n) is 2.00. The molecule has 0 saturated carbocycles. The van der Waals surface area contributed by atoms with Gasteiger partial charge in [-0.3, -0.25) is 4.57 Å². The third-order valence-electron chi connectivity index (χ3n) is 3.09. The third-order valence-corrected chi connectivity index (χ3v) is 3.09. The minimum atomic E-state index is -0.210. The van der Waals surface area contributed by atoms with Crippen LogP contribution in [0.25, 0.3) is 5.69 Å². The van der Waals surface area contributed by atoms with Crippen LogP contribution in [0.3, 0.4) is 0 Å². The van der Waals surface area contributed by atoms with Crippen molar-refractivity contribution < 1.29 is 9.13 Å². The molecule has 4 nitrogen and oxygen atoms in total. The van der Waals surface area contributed by atoms with Crippen LogP contribution in [0.5, 0.6) is 0 Å². The second-order valence-electron chi connectivity index (χ2n) is 4.48. The maximum Gasteiger partial charge on any atom is 0.207 e. The average molecular weight is 277 g/mol. The van der Waals surface area contributed by atoms with E-state index in [1.165, 1.54) is 6.07 Å². The van der Waals surface area contributed by atoms with E-state index in [0.717, 1.165) is 37.8 Å². The van der Waals surface area contributed by atoms with Gasteiger partial charge in [0, 0.05) is 37.7 Å². The monoisotopic (exact) mass is 277 g/mol. The largest absolute Gasteiger partial charge is 0.382 e. The molecule has 1 N–H and O–H groups in total. The van der Waals surface area contributed by atoms with Gasteiger partial charge in [0.15, 0.2) is 0 Å². The summed E-state index contributed by atoms with van der Waals surface area (Å²) in [5, 5.41) is 3.25. The van der Waals surface area contributed by atoms with Crippen molar-refractivity contribution in [3.8, 4) is 5.69 Å². The SMILES string of the molecule is CCOCCCNc1nccn1-c1cccc(F)c1C. The first-order chi connectivity index (χ1) is 9.74. The van der Waals surface area contributed by atoms with Crippen molar-refractivity contribution in [3.63, 3.8) is 0 Å². The summed E-state index contributed by atoms with van der Waals surface area (Å²) in [6, 6.07) is 5.05. The summed E-state index contributed by atoms with van der Waals surface area (Å²) < 4.78 is 20.8. The lowest BCUT2D eigenvalue weighted by atomic mass is 10.2. The molecule has 0 aliphatic rings. The lowest BCUT2D eigenvalue weighted by molar-refractivity contribution is 0.147. The Morgan fingerprint density at radius 3 is 3.05 bits per heavy atom. The summed E-state index contributed by atoms with van der Waals surface area (Å²) in [6.45, 7) is 5.97. The first kappa shape index (κ1) is 14.5. The van der Waals surface area contributed by atoms with Gasteiger partial charge in [-0.2, -0.15) is 0 Å². The van der Waals surface area contributed by atoms with Crippen LogP contribution in [0.1, 0.15) is 18.9 Å². The molecular weight excluding hydrogens is 257 g/mol. The number of aromatic nitrogens is 2. The number of anilines is 1. The highest BCUT2D eigenvalue weighted by molar-refractivity contribution is 5.47. The summed E-state index contributed by atoms with van der Waals surface area (Å²) in [5.74, 6) is 0.508. The molecule has 1 aromatic carbocycles. The van der Waals surface area contributed by atoms with Crippen LogP contribution >= 0.6 is 0 Å². The molecule has 0 atom stereocenters. The van der Waals surface area contributed by atoms with E-state index in [4.69, 9.17) is 4.74 Å². The first-order valence-corrected chi connectivity index (χ1v) is 6.84. The summed E-state index contributed by atoms with van der Waals surface area (Å²) in [6.07, 6.45) is 4.44. The van der Waals surface area contributed by atoms with Gasteiger partial charge >= 0.3 is 0 Å². The van der Waals surface area contributed by atoms with E-state index in [0.29, 0.717) is 5.56 Å². The molecule has 20 heavy (non-hydrogen) atoms. The molecule has 0 unspecified atom stereocenters. The van der Waals surface area contributed by atoms with Crippen molar-refractivity contribution in [1.82, 2.24) is 9.55 Å². The van der Waals surface area contributed by atoms with Crippen molar-refractivity contribution >= 4 is 5.95 Å². The molecule has 0 fully saturated rings. The second kappa shape index (κ2) is 7.05. The topological polar surface area (TPSA) is 39.1 Å². The number of hydrogen-bond donors (Lipinski definition) is 1. The highest BCUT2D eigenvalue weighted by atomic mass is 19.1. The van der Waals surface area contributed by atoms with Crippen LogP contribution in [0.4, 0.5) is 10.3 Å². The van der Waals surface area contributed by atoms with Gasteiger partial charge in [-0.05, 0) is 32.4 Å². The summed E-state index contributed by atoms with van der Waals surface area (Å²) in [4.78, 5) is 4.27. The minimum absolute atomic E-state index is 0.210. The standard InChI is InChI=1S/C15H20FN3O/c1-3-20-11-5-8-17-15-18-9-10-19(15)14-7-4-6-13(16)12(14)2/h4,6-7,9-10H,3,5,8,11H2,1-2H3,(H,17,18). The first-order valence-electron chi connectivity index (χ1n) is 6.84.